The molecule has 3 atom stereocenters. The Morgan fingerprint density at radius 1 is 1.20 bits per heavy atom. The zero-order valence-corrected chi connectivity index (χ0v) is 11.7. The maximum atomic E-state index is 5.85. The Kier molecular flexibility index (Phi) is 2.79. The number of hydrogen-bond donors (Lipinski definition) is 1. The summed E-state index contributed by atoms with van der Waals surface area (Å²) in [6.45, 7) is 1.09. The van der Waals surface area contributed by atoms with E-state index in [1.807, 2.05) is 24.4 Å². The number of rotatable bonds is 3. The van der Waals surface area contributed by atoms with Gasteiger partial charge in [-0.3, -0.25) is 4.68 Å². The molecule has 104 valence electrons. The lowest BCUT2D eigenvalue weighted by Crippen LogP contribution is -2.17. The van der Waals surface area contributed by atoms with E-state index in [-0.39, 0.29) is 0 Å². The van der Waals surface area contributed by atoms with Crippen molar-refractivity contribution in [2.45, 2.75) is 32.2 Å². The van der Waals surface area contributed by atoms with Gasteiger partial charge in [-0.2, -0.15) is 5.10 Å². The predicted molar refractivity (Wildman–Crippen MR) is 81.0 cm³/mol. The molecule has 2 N–H and O–H groups in total. The highest BCUT2D eigenvalue weighted by Crippen LogP contribution is 2.48. The summed E-state index contributed by atoms with van der Waals surface area (Å²) in [6, 6.07) is 8.02. The molecule has 1 heterocycles. The second kappa shape index (κ2) is 4.65. The van der Waals surface area contributed by atoms with Crippen LogP contribution in [0.2, 0.25) is 0 Å². The van der Waals surface area contributed by atoms with Gasteiger partial charge in [0.1, 0.15) is 0 Å². The molecular formula is C17H21N3. The quantitative estimate of drug-likeness (QED) is 0.864. The zero-order valence-electron chi connectivity index (χ0n) is 11.7. The molecule has 0 saturated heterocycles. The van der Waals surface area contributed by atoms with E-state index in [1.54, 1.807) is 0 Å². The zero-order chi connectivity index (χ0) is 13.5. The molecule has 3 nitrogen and oxygen atoms in total. The van der Waals surface area contributed by atoms with E-state index in [4.69, 9.17) is 5.73 Å². The van der Waals surface area contributed by atoms with E-state index < -0.39 is 0 Å². The average Bonchev–Trinajstić information content (AvgIpc) is 3.14. The molecule has 0 radical (unpaired) electrons. The van der Waals surface area contributed by atoms with Crippen LogP contribution in [0.1, 0.15) is 25.7 Å². The summed E-state index contributed by atoms with van der Waals surface area (Å²) in [5.74, 6) is 2.82. The number of anilines is 1. The fraction of sp³-hybridized carbons (Fsp3) is 0.471. The molecule has 2 saturated carbocycles. The molecule has 20 heavy (non-hydrogen) atoms. The van der Waals surface area contributed by atoms with Gasteiger partial charge in [-0.15, -0.1) is 0 Å². The minimum atomic E-state index is 0.809. The van der Waals surface area contributed by atoms with Gasteiger partial charge >= 0.3 is 0 Å². The molecule has 2 aromatic rings. The van der Waals surface area contributed by atoms with Gasteiger partial charge in [0.25, 0.3) is 0 Å². The van der Waals surface area contributed by atoms with Gasteiger partial charge in [-0.1, -0.05) is 18.6 Å². The maximum Gasteiger partial charge on any atom is 0.0568 e. The summed E-state index contributed by atoms with van der Waals surface area (Å²) < 4.78 is 2.13. The van der Waals surface area contributed by atoms with Crippen molar-refractivity contribution >= 4 is 5.69 Å². The molecule has 2 fully saturated rings. The third-order valence-corrected chi connectivity index (χ3v) is 5.16. The van der Waals surface area contributed by atoms with Crippen LogP contribution in [0.15, 0.2) is 36.7 Å². The Labute approximate surface area is 119 Å². The Bertz CT molecular complexity index is 616. The molecule has 3 unspecified atom stereocenters. The number of nitrogens with two attached hydrogens (primary N) is 1. The summed E-state index contributed by atoms with van der Waals surface area (Å²) in [5, 5.41) is 4.55. The van der Waals surface area contributed by atoms with Gasteiger partial charge in [-0.05, 0) is 54.7 Å². The lowest BCUT2D eigenvalue weighted by molar-refractivity contribution is 0.285. The van der Waals surface area contributed by atoms with Crippen LogP contribution in [-0.2, 0) is 6.54 Å². The first-order valence-corrected chi connectivity index (χ1v) is 7.66. The Hall–Kier alpha value is -1.77. The van der Waals surface area contributed by atoms with Gasteiger partial charge in [0.15, 0.2) is 0 Å². The topological polar surface area (TPSA) is 43.8 Å². The first-order valence-electron chi connectivity index (χ1n) is 7.66. The second-order valence-electron chi connectivity index (χ2n) is 6.51. The van der Waals surface area contributed by atoms with Crippen LogP contribution in [0.4, 0.5) is 5.69 Å². The average molecular weight is 267 g/mol. The van der Waals surface area contributed by atoms with Crippen molar-refractivity contribution in [3.63, 3.8) is 0 Å². The van der Waals surface area contributed by atoms with Crippen molar-refractivity contribution in [2.75, 3.05) is 5.73 Å². The number of fused-ring (bicyclic) bond motifs is 2. The van der Waals surface area contributed by atoms with Crippen molar-refractivity contribution in [3.05, 3.63) is 36.7 Å². The second-order valence-corrected chi connectivity index (χ2v) is 6.51. The van der Waals surface area contributed by atoms with Crippen molar-refractivity contribution in [2.24, 2.45) is 17.8 Å². The van der Waals surface area contributed by atoms with Crippen molar-refractivity contribution in [3.8, 4) is 11.1 Å². The van der Waals surface area contributed by atoms with Gasteiger partial charge in [0, 0.05) is 24.0 Å². The largest absolute Gasteiger partial charge is 0.399 e. The summed E-state index contributed by atoms with van der Waals surface area (Å²) in [7, 11) is 0. The van der Waals surface area contributed by atoms with Crippen LogP contribution in [0.3, 0.4) is 0 Å². The van der Waals surface area contributed by atoms with Crippen molar-refractivity contribution in [1.82, 2.24) is 9.78 Å². The van der Waals surface area contributed by atoms with E-state index in [0.717, 1.165) is 35.5 Å². The molecule has 3 heteroatoms. The smallest absolute Gasteiger partial charge is 0.0568 e. The predicted octanol–water partition coefficient (Wildman–Crippen LogP) is 3.57. The molecule has 2 aliphatic rings. The molecule has 2 bridgehead atoms. The fourth-order valence-electron chi connectivity index (χ4n) is 4.17. The van der Waals surface area contributed by atoms with E-state index >= 15 is 0 Å². The number of hydrogen-bond acceptors (Lipinski definition) is 2. The highest BCUT2D eigenvalue weighted by molar-refractivity contribution is 5.65. The standard InChI is InChI=1S/C17H21N3/c18-17-3-1-2-13(8-17)16-9-19-20(11-16)10-15-7-12-4-5-14(15)6-12/h1-3,8-9,11-12,14-15H,4-7,10,18H2. The van der Waals surface area contributed by atoms with Gasteiger partial charge in [0.05, 0.1) is 6.20 Å². The van der Waals surface area contributed by atoms with Crippen LogP contribution in [0, 0.1) is 17.8 Å². The summed E-state index contributed by atoms with van der Waals surface area (Å²) >= 11 is 0. The van der Waals surface area contributed by atoms with Crippen LogP contribution in [0.25, 0.3) is 11.1 Å². The maximum absolute atomic E-state index is 5.85. The van der Waals surface area contributed by atoms with Gasteiger partial charge < -0.3 is 5.73 Å². The van der Waals surface area contributed by atoms with Crippen molar-refractivity contribution < 1.29 is 0 Å². The molecular weight excluding hydrogens is 246 g/mol. The SMILES string of the molecule is Nc1cccc(-c2cnn(CC3CC4CCC3C4)c2)c1. The van der Waals surface area contributed by atoms with E-state index in [1.165, 1.54) is 31.2 Å². The van der Waals surface area contributed by atoms with Crippen LogP contribution < -0.4 is 5.73 Å². The van der Waals surface area contributed by atoms with Crippen LogP contribution in [0.5, 0.6) is 0 Å². The van der Waals surface area contributed by atoms with Gasteiger partial charge in [0.2, 0.25) is 0 Å². The first kappa shape index (κ1) is 12.0. The monoisotopic (exact) mass is 267 g/mol. The fourth-order valence-corrected chi connectivity index (χ4v) is 4.17. The molecule has 0 aliphatic heterocycles. The lowest BCUT2D eigenvalue weighted by atomic mass is 9.89. The third-order valence-electron chi connectivity index (χ3n) is 5.16. The minimum Gasteiger partial charge on any atom is -0.399 e. The molecule has 1 aromatic heterocycles. The summed E-state index contributed by atoms with van der Waals surface area (Å²) in [6.07, 6.45) is 9.92. The van der Waals surface area contributed by atoms with Crippen LogP contribution in [-0.4, -0.2) is 9.78 Å². The summed E-state index contributed by atoms with van der Waals surface area (Å²) in [5.41, 5.74) is 8.98. The molecule has 0 spiro atoms. The third kappa shape index (κ3) is 2.11. The van der Waals surface area contributed by atoms with Gasteiger partial charge in [-0.25, -0.2) is 0 Å². The normalized spacial score (nSPS) is 28.1. The lowest BCUT2D eigenvalue weighted by Gasteiger charge is -2.21. The molecule has 2 aliphatic carbocycles. The highest BCUT2D eigenvalue weighted by Gasteiger charge is 2.39. The van der Waals surface area contributed by atoms with E-state index in [9.17, 15) is 0 Å². The first-order chi connectivity index (χ1) is 9.78. The number of benzene rings is 1. The van der Waals surface area contributed by atoms with E-state index in [2.05, 4.69) is 22.0 Å². The molecule has 1 aromatic carbocycles. The number of nitrogens with zero attached hydrogens (tertiary/aromatic N) is 2. The Morgan fingerprint density at radius 2 is 2.15 bits per heavy atom. The number of aromatic nitrogens is 2. The van der Waals surface area contributed by atoms with Crippen molar-refractivity contribution in [1.29, 1.82) is 0 Å². The Morgan fingerprint density at radius 3 is 2.90 bits per heavy atom. The molecule has 0 amide bonds. The Balaban J connectivity index is 1.51. The molecule has 4 rings (SSSR count). The van der Waals surface area contributed by atoms with Crippen LogP contribution >= 0.6 is 0 Å². The highest BCUT2D eigenvalue weighted by atomic mass is 15.3. The minimum absolute atomic E-state index is 0.809. The van der Waals surface area contributed by atoms with E-state index in [0.29, 0.717) is 0 Å². The summed E-state index contributed by atoms with van der Waals surface area (Å²) in [4.78, 5) is 0. The number of nitrogen functional groups attached to an aromatic ring is 1.